The summed E-state index contributed by atoms with van der Waals surface area (Å²) in [6.45, 7) is 19.4. The molecular formula is C38H47IrN2O2-. The quantitative estimate of drug-likeness (QED) is 0.116. The molecule has 1 radical (unpaired) electrons. The van der Waals surface area contributed by atoms with Crippen LogP contribution in [0.2, 0.25) is 0 Å². The van der Waals surface area contributed by atoms with Crippen molar-refractivity contribution in [3.05, 3.63) is 83.4 Å². The van der Waals surface area contributed by atoms with E-state index in [9.17, 15) is 9.90 Å². The Balaban J connectivity index is 0.000000274. The third-order valence-electron chi connectivity index (χ3n) is 8.94. The molecule has 5 rings (SSSR count). The van der Waals surface area contributed by atoms with Crippen molar-refractivity contribution in [1.29, 1.82) is 0 Å². The Bertz CT molecular complexity index is 1620. The SMILES string of the molecule is CC(C)(C)c1cc2c3c(nccc3n1)-c1[c-]c3ccccc3cc1C2(C)C.CCC(CC)C(=O)/C=C(\O)C(CC)CC.[Ir]. The maximum absolute atomic E-state index is 11.7. The molecule has 0 spiro atoms. The average molecular weight is 756 g/mol. The summed E-state index contributed by atoms with van der Waals surface area (Å²) >= 11 is 0. The molecule has 231 valence electrons. The van der Waals surface area contributed by atoms with E-state index in [0.29, 0.717) is 0 Å². The Morgan fingerprint density at radius 2 is 1.58 bits per heavy atom. The van der Waals surface area contributed by atoms with Crippen molar-refractivity contribution in [3.63, 3.8) is 0 Å². The first kappa shape index (κ1) is 34.6. The second kappa shape index (κ2) is 13.8. The van der Waals surface area contributed by atoms with Crippen LogP contribution < -0.4 is 0 Å². The van der Waals surface area contributed by atoms with E-state index in [1.807, 2.05) is 40.0 Å². The Kier molecular flexibility index (Phi) is 11.1. The first-order valence-corrected chi connectivity index (χ1v) is 15.6. The Labute approximate surface area is 271 Å². The molecule has 0 atom stereocenters. The van der Waals surface area contributed by atoms with Gasteiger partial charge < -0.3 is 5.11 Å². The fourth-order valence-corrected chi connectivity index (χ4v) is 6.02. The maximum atomic E-state index is 11.7. The molecule has 1 aliphatic rings. The molecule has 0 aliphatic heterocycles. The van der Waals surface area contributed by atoms with Crippen molar-refractivity contribution in [3.8, 4) is 11.3 Å². The van der Waals surface area contributed by atoms with Crippen LogP contribution in [-0.2, 0) is 35.7 Å². The molecule has 0 fully saturated rings. The van der Waals surface area contributed by atoms with E-state index >= 15 is 0 Å². The molecule has 2 aromatic heterocycles. The van der Waals surface area contributed by atoms with Crippen LogP contribution in [0.1, 0.15) is 105 Å². The zero-order valence-electron chi connectivity index (χ0n) is 27.3. The molecule has 4 aromatic rings. The Morgan fingerprint density at radius 1 is 0.953 bits per heavy atom. The number of aliphatic hydroxyl groups excluding tert-OH is 1. The third-order valence-corrected chi connectivity index (χ3v) is 8.94. The van der Waals surface area contributed by atoms with Crippen molar-refractivity contribution in [1.82, 2.24) is 9.97 Å². The number of allylic oxidation sites excluding steroid dienone is 2. The van der Waals surface area contributed by atoms with Gasteiger partial charge in [-0.15, -0.1) is 23.6 Å². The molecule has 1 aliphatic carbocycles. The molecule has 43 heavy (non-hydrogen) atoms. The number of hydrogen-bond donors (Lipinski definition) is 1. The zero-order chi connectivity index (χ0) is 30.8. The molecule has 0 unspecified atom stereocenters. The first-order valence-electron chi connectivity index (χ1n) is 15.6. The molecule has 2 aromatic carbocycles. The molecule has 4 nitrogen and oxygen atoms in total. The Hall–Kier alpha value is -2.88. The number of hydrogen-bond acceptors (Lipinski definition) is 4. The summed E-state index contributed by atoms with van der Waals surface area (Å²) in [6, 6.07) is 18.8. The van der Waals surface area contributed by atoms with E-state index in [-0.39, 0.29) is 54.3 Å². The minimum atomic E-state index is -0.132. The number of pyridine rings is 2. The van der Waals surface area contributed by atoms with Crippen LogP contribution in [0, 0.1) is 17.9 Å². The predicted octanol–water partition coefficient (Wildman–Crippen LogP) is 10.1. The second-order valence-corrected chi connectivity index (χ2v) is 13.1. The Morgan fingerprint density at radius 3 is 2.19 bits per heavy atom. The van der Waals surface area contributed by atoms with E-state index in [1.54, 1.807) is 0 Å². The monoisotopic (exact) mass is 756 g/mol. The summed E-state index contributed by atoms with van der Waals surface area (Å²) in [5.41, 5.74) is 6.76. The van der Waals surface area contributed by atoms with Gasteiger partial charge in [0.25, 0.3) is 0 Å². The van der Waals surface area contributed by atoms with Gasteiger partial charge >= 0.3 is 0 Å². The van der Waals surface area contributed by atoms with Gasteiger partial charge in [0, 0.05) is 61.0 Å². The normalized spacial score (nSPS) is 13.9. The van der Waals surface area contributed by atoms with Gasteiger partial charge in [0.05, 0.1) is 11.3 Å². The van der Waals surface area contributed by atoms with Gasteiger partial charge in [-0.25, -0.2) is 0 Å². The van der Waals surface area contributed by atoms with Crippen LogP contribution in [0.25, 0.3) is 32.9 Å². The largest absolute Gasteiger partial charge is 0.512 e. The summed E-state index contributed by atoms with van der Waals surface area (Å²) in [7, 11) is 0. The van der Waals surface area contributed by atoms with Gasteiger partial charge in [0.15, 0.2) is 5.78 Å². The number of carbonyl (C=O) groups excluding carboxylic acids is 1. The van der Waals surface area contributed by atoms with Gasteiger partial charge in [0.2, 0.25) is 0 Å². The van der Waals surface area contributed by atoms with Crippen molar-refractivity contribution in [2.45, 2.75) is 98.8 Å². The molecule has 2 heterocycles. The van der Waals surface area contributed by atoms with Crippen molar-refractivity contribution in [2.75, 3.05) is 0 Å². The van der Waals surface area contributed by atoms with Gasteiger partial charge in [-0.05, 0) is 54.2 Å². The zero-order valence-corrected chi connectivity index (χ0v) is 29.7. The van der Waals surface area contributed by atoms with Crippen molar-refractivity contribution >= 4 is 27.5 Å². The fourth-order valence-electron chi connectivity index (χ4n) is 6.02. The number of aromatic nitrogens is 2. The standard InChI is InChI=1S/C25H23N2.C13H24O2.Ir/c1-24(2,3)21-14-19-22-20(27-21)10-11-26-23(22)17-12-15-8-6-7-9-16(15)13-18(17)25(19,4)5;1-5-10(6-2)12(14)9-13(15)11(7-3)8-4;/h6-11,13-14H,1-5H3;9-11,14H,5-8H2,1-4H3;/q-1;;/b;12-9-;. The summed E-state index contributed by atoms with van der Waals surface area (Å²) in [6.07, 6.45) is 6.79. The maximum Gasteiger partial charge on any atom is 0.162 e. The van der Waals surface area contributed by atoms with Crippen molar-refractivity contribution in [2.24, 2.45) is 11.8 Å². The summed E-state index contributed by atoms with van der Waals surface area (Å²) in [4.78, 5) is 21.5. The van der Waals surface area contributed by atoms with Crippen LogP contribution in [0.4, 0.5) is 0 Å². The fraction of sp³-hybridized carbons (Fsp3) is 0.447. The summed E-state index contributed by atoms with van der Waals surface area (Å²) in [5.74, 6) is 0.547. The van der Waals surface area contributed by atoms with E-state index in [4.69, 9.17) is 9.97 Å². The number of nitrogens with zero attached hydrogens (tertiary/aromatic N) is 2. The molecule has 5 heteroatoms. The molecule has 0 bridgehead atoms. The van der Waals surface area contributed by atoms with E-state index in [2.05, 4.69) is 77.1 Å². The average Bonchev–Trinajstić information content (AvgIpc) is 2.96. The molecule has 0 saturated heterocycles. The van der Waals surface area contributed by atoms with E-state index < -0.39 is 0 Å². The molecule has 0 saturated carbocycles. The smallest absolute Gasteiger partial charge is 0.162 e. The second-order valence-electron chi connectivity index (χ2n) is 13.1. The predicted molar refractivity (Wildman–Crippen MR) is 176 cm³/mol. The van der Waals surface area contributed by atoms with E-state index in [0.717, 1.165) is 53.5 Å². The molecule has 1 N–H and O–H groups in total. The number of ketones is 1. The number of aliphatic hydroxyl groups is 1. The molecule has 0 amide bonds. The van der Waals surface area contributed by atoms with Crippen LogP contribution in [0.15, 0.2) is 60.5 Å². The number of fused-ring (bicyclic) bond motifs is 3. The van der Waals surface area contributed by atoms with Gasteiger partial charge in [-0.1, -0.05) is 97.0 Å². The summed E-state index contributed by atoms with van der Waals surface area (Å²) < 4.78 is 0. The van der Waals surface area contributed by atoms with Crippen LogP contribution in [-0.4, -0.2) is 20.9 Å². The number of rotatable bonds is 7. The van der Waals surface area contributed by atoms with Crippen LogP contribution in [0.3, 0.4) is 0 Å². The number of carbonyl (C=O) groups is 1. The van der Waals surface area contributed by atoms with Gasteiger partial charge in [0.1, 0.15) is 0 Å². The van der Waals surface area contributed by atoms with Gasteiger partial charge in [-0.2, -0.15) is 0 Å². The third kappa shape index (κ3) is 6.94. The summed E-state index contributed by atoms with van der Waals surface area (Å²) in [5, 5.41) is 13.3. The van der Waals surface area contributed by atoms with Crippen LogP contribution >= 0.6 is 0 Å². The van der Waals surface area contributed by atoms with Crippen molar-refractivity contribution < 1.29 is 30.0 Å². The first-order chi connectivity index (χ1) is 19.9. The number of benzene rings is 2. The van der Waals surface area contributed by atoms with E-state index in [1.165, 1.54) is 28.0 Å². The molecular weight excluding hydrogens is 709 g/mol. The van der Waals surface area contributed by atoms with Crippen LogP contribution in [0.5, 0.6) is 0 Å². The minimum Gasteiger partial charge on any atom is -0.512 e. The van der Waals surface area contributed by atoms with Gasteiger partial charge in [-0.3, -0.25) is 14.8 Å². The topological polar surface area (TPSA) is 63.1 Å². The minimum absolute atomic E-state index is 0.